The highest BCUT2D eigenvalue weighted by Crippen LogP contribution is 2.23. The summed E-state index contributed by atoms with van der Waals surface area (Å²) in [7, 11) is 2.14. The second kappa shape index (κ2) is 7.41. The molecular weight excluding hydrogens is 258 g/mol. The fraction of sp³-hybridized carbons (Fsp3) is 0.500. The van der Waals surface area contributed by atoms with E-state index < -0.39 is 0 Å². The topological polar surface area (TPSA) is 28.2 Å². The van der Waals surface area contributed by atoms with Gasteiger partial charge in [-0.1, -0.05) is 45.4 Å². The molecule has 2 rings (SSSR count). The van der Waals surface area contributed by atoms with Crippen molar-refractivity contribution >= 4 is 16.7 Å². The van der Waals surface area contributed by atoms with Crippen LogP contribution in [0.15, 0.2) is 30.3 Å². The minimum atomic E-state index is 0.477. The summed E-state index contributed by atoms with van der Waals surface area (Å²) in [6, 6.07) is 11.1. The SMILES string of the molecule is CCCCN(C)c1nc2ccccc2cc1CNC(C)C. The van der Waals surface area contributed by atoms with Crippen molar-refractivity contribution in [3.63, 3.8) is 0 Å². The van der Waals surface area contributed by atoms with Crippen LogP contribution in [0.25, 0.3) is 10.9 Å². The number of pyridine rings is 1. The Morgan fingerprint density at radius 2 is 2.00 bits per heavy atom. The molecule has 0 aliphatic carbocycles. The smallest absolute Gasteiger partial charge is 0.133 e. The van der Waals surface area contributed by atoms with Crippen LogP contribution in [0.3, 0.4) is 0 Å². The highest BCUT2D eigenvalue weighted by atomic mass is 15.2. The Kier molecular flexibility index (Phi) is 5.57. The number of fused-ring (bicyclic) bond motifs is 1. The van der Waals surface area contributed by atoms with Crippen LogP contribution in [0.4, 0.5) is 5.82 Å². The third-order valence-corrected chi connectivity index (χ3v) is 3.69. The summed E-state index contributed by atoms with van der Waals surface area (Å²) in [6.07, 6.45) is 2.40. The van der Waals surface area contributed by atoms with Crippen LogP contribution in [0.1, 0.15) is 39.2 Å². The molecule has 0 radical (unpaired) electrons. The van der Waals surface area contributed by atoms with Gasteiger partial charge in [0.1, 0.15) is 5.82 Å². The van der Waals surface area contributed by atoms with E-state index in [0.29, 0.717) is 6.04 Å². The Labute approximate surface area is 128 Å². The van der Waals surface area contributed by atoms with E-state index in [2.05, 4.69) is 68.4 Å². The normalized spacial score (nSPS) is 11.3. The molecule has 1 N–H and O–H groups in total. The third-order valence-electron chi connectivity index (χ3n) is 3.69. The fourth-order valence-corrected chi connectivity index (χ4v) is 2.43. The van der Waals surface area contributed by atoms with Gasteiger partial charge in [-0.25, -0.2) is 4.98 Å². The van der Waals surface area contributed by atoms with Crippen LogP contribution in [0.5, 0.6) is 0 Å². The monoisotopic (exact) mass is 285 g/mol. The molecule has 0 amide bonds. The molecule has 0 aliphatic heterocycles. The van der Waals surface area contributed by atoms with Crippen molar-refractivity contribution in [1.29, 1.82) is 0 Å². The zero-order chi connectivity index (χ0) is 15.2. The predicted molar refractivity (Wildman–Crippen MR) is 91.9 cm³/mol. The molecule has 0 aliphatic rings. The summed E-state index contributed by atoms with van der Waals surface area (Å²) < 4.78 is 0. The third kappa shape index (κ3) is 4.18. The molecule has 0 unspecified atom stereocenters. The van der Waals surface area contributed by atoms with E-state index in [1.54, 1.807) is 0 Å². The molecule has 0 atom stereocenters. The van der Waals surface area contributed by atoms with Gasteiger partial charge in [0.25, 0.3) is 0 Å². The molecule has 0 saturated carbocycles. The maximum absolute atomic E-state index is 4.89. The molecule has 0 spiro atoms. The van der Waals surface area contributed by atoms with Crippen LogP contribution in [0.2, 0.25) is 0 Å². The minimum absolute atomic E-state index is 0.477. The summed E-state index contributed by atoms with van der Waals surface area (Å²) in [5, 5.41) is 4.72. The first-order chi connectivity index (χ1) is 10.1. The Balaban J connectivity index is 2.35. The van der Waals surface area contributed by atoms with E-state index in [1.165, 1.54) is 23.8 Å². The lowest BCUT2D eigenvalue weighted by Crippen LogP contribution is -2.26. The number of hydrogen-bond acceptors (Lipinski definition) is 3. The summed E-state index contributed by atoms with van der Waals surface area (Å²) >= 11 is 0. The number of anilines is 1. The van der Waals surface area contributed by atoms with Crippen molar-refractivity contribution in [2.75, 3.05) is 18.5 Å². The van der Waals surface area contributed by atoms with Gasteiger partial charge in [-0.2, -0.15) is 0 Å². The molecule has 1 aromatic heterocycles. The number of para-hydroxylation sites is 1. The number of nitrogens with one attached hydrogen (secondary N) is 1. The summed E-state index contributed by atoms with van der Waals surface area (Å²) in [5.41, 5.74) is 2.35. The van der Waals surface area contributed by atoms with Crippen LogP contribution < -0.4 is 10.2 Å². The Morgan fingerprint density at radius 1 is 1.24 bits per heavy atom. The van der Waals surface area contributed by atoms with Gasteiger partial charge >= 0.3 is 0 Å². The first-order valence-corrected chi connectivity index (χ1v) is 7.95. The molecule has 0 bridgehead atoms. The average Bonchev–Trinajstić information content (AvgIpc) is 2.49. The number of benzene rings is 1. The number of nitrogens with zero attached hydrogens (tertiary/aromatic N) is 2. The Hall–Kier alpha value is -1.61. The van der Waals surface area contributed by atoms with Gasteiger partial charge in [0.2, 0.25) is 0 Å². The van der Waals surface area contributed by atoms with E-state index in [0.717, 1.165) is 24.4 Å². The Morgan fingerprint density at radius 3 is 2.71 bits per heavy atom. The second-order valence-corrected chi connectivity index (χ2v) is 5.97. The first-order valence-electron chi connectivity index (χ1n) is 7.95. The molecule has 0 fully saturated rings. The van der Waals surface area contributed by atoms with Gasteiger partial charge in [0.05, 0.1) is 5.52 Å². The van der Waals surface area contributed by atoms with Crippen molar-refractivity contribution in [1.82, 2.24) is 10.3 Å². The summed E-state index contributed by atoms with van der Waals surface area (Å²) in [4.78, 5) is 7.18. The molecule has 0 saturated heterocycles. The van der Waals surface area contributed by atoms with Gasteiger partial charge in [-0.15, -0.1) is 0 Å². The van der Waals surface area contributed by atoms with E-state index in [1.807, 2.05) is 0 Å². The average molecular weight is 285 g/mol. The Bertz CT molecular complexity index is 578. The van der Waals surface area contributed by atoms with Gasteiger partial charge in [0.15, 0.2) is 0 Å². The molecule has 2 aromatic rings. The van der Waals surface area contributed by atoms with E-state index in [4.69, 9.17) is 4.98 Å². The maximum atomic E-state index is 4.89. The molecule has 114 valence electrons. The van der Waals surface area contributed by atoms with E-state index in [9.17, 15) is 0 Å². The fourth-order valence-electron chi connectivity index (χ4n) is 2.43. The van der Waals surface area contributed by atoms with Crippen molar-refractivity contribution in [2.45, 2.75) is 46.2 Å². The lowest BCUT2D eigenvalue weighted by atomic mass is 10.1. The quantitative estimate of drug-likeness (QED) is 0.834. The molecule has 1 heterocycles. The zero-order valence-electron chi connectivity index (χ0n) is 13.7. The predicted octanol–water partition coefficient (Wildman–Crippen LogP) is 3.97. The first kappa shape index (κ1) is 15.8. The lowest BCUT2D eigenvalue weighted by Gasteiger charge is -2.22. The van der Waals surface area contributed by atoms with Crippen LogP contribution in [-0.4, -0.2) is 24.6 Å². The second-order valence-electron chi connectivity index (χ2n) is 5.97. The van der Waals surface area contributed by atoms with Crippen LogP contribution in [0, 0.1) is 0 Å². The van der Waals surface area contributed by atoms with Gasteiger partial charge in [-0.05, 0) is 18.6 Å². The molecule has 21 heavy (non-hydrogen) atoms. The maximum Gasteiger partial charge on any atom is 0.133 e. The summed E-state index contributed by atoms with van der Waals surface area (Å²) in [6.45, 7) is 8.49. The lowest BCUT2D eigenvalue weighted by molar-refractivity contribution is 0.587. The van der Waals surface area contributed by atoms with Crippen molar-refractivity contribution in [3.05, 3.63) is 35.9 Å². The number of aromatic nitrogens is 1. The molecule has 3 heteroatoms. The highest BCUT2D eigenvalue weighted by molar-refractivity contribution is 5.81. The number of hydrogen-bond donors (Lipinski definition) is 1. The zero-order valence-corrected chi connectivity index (χ0v) is 13.7. The van der Waals surface area contributed by atoms with Crippen LogP contribution >= 0.6 is 0 Å². The van der Waals surface area contributed by atoms with Crippen molar-refractivity contribution < 1.29 is 0 Å². The van der Waals surface area contributed by atoms with E-state index >= 15 is 0 Å². The number of rotatable bonds is 7. The highest BCUT2D eigenvalue weighted by Gasteiger charge is 2.11. The largest absolute Gasteiger partial charge is 0.359 e. The molecule has 3 nitrogen and oxygen atoms in total. The van der Waals surface area contributed by atoms with Crippen LogP contribution in [-0.2, 0) is 6.54 Å². The van der Waals surface area contributed by atoms with Crippen molar-refractivity contribution in [3.8, 4) is 0 Å². The van der Waals surface area contributed by atoms with E-state index in [-0.39, 0.29) is 0 Å². The molecular formula is C18H27N3. The molecule has 1 aromatic carbocycles. The van der Waals surface area contributed by atoms with Gasteiger partial charge in [-0.3, -0.25) is 0 Å². The number of unbranched alkanes of at least 4 members (excludes halogenated alkanes) is 1. The van der Waals surface area contributed by atoms with Gasteiger partial charge < -0.3 is 10.2 Å². The summed E-state index contributed by atoms with van der Waals surface area (Å²) in [5.74, 6) is 1.11. The minimum Gasteiger partial charge on any atom is -0.359 e. The van der Waals surface area contributed by atoms with Crippen molar-refractivity contribution in [2.24, 2.45) is 0 Å². The van der Waals surface area contributed by atoms with Gasteiger partial charge in [0, 0.05) is 37.1 Å². The standard InChI is InChI=1S/C18H27N3/c1-5-6-11-21(4)18-16(13-19-14(2)3)12-15-9-7-8-10-17(15)20-18/h7-10,12,14,19H,5-6,11,13H2,1-4H3.